The van der Waals surface area contributed by atoms with Crippen LogP contribution in [0.2, 0.25) is 0 Å². The normalized spacial score (nSPS) is 10.7. The molecule has 0 bridgehead atoms. The maximum atomic E-state index is 9.83. The Morgan fingerprint density at radius 3 is 2.35 bits per heavy atom. The Balaban J connectivity index is 1.57. The monoisotopic (exact) mass is 403 g/mol. The predicted molar refractivity (Wildman–Crippen MR) is 120 cm³/mol. The molecule has 0 radical (unpaired) electrons. The first kappa shape index (κ1) is 18.4. The van der Waals surface area contributed by atoms with Crippen molar-refractivity contribution in [2.75, 3.05) is 5.73 Å². The third kappa shape index (κ3) is 3.45. The number of ether oxygens (including phenoxy) is 1. The minimum Gasteiger partial charge on any atom is -0.457 e. The summed E-state index contributed by atoms with van der Waals surface area (Å²) >= 11 is 0. The van der Waals surface area contributed by atoms with E-state index in [1.807, 2.05) is 84.9 Å². The van der Waals surface area contributed by atoms with Crippen LogP contribution in [0.3, 0.4) is 0 Å². The van der Waals surface area contributed by atoms with Crippen LogP contribution in [0.5, 0.6) is 11.5 Å². The van der Waals surface area contributed by atoms with E-state index in [2.05, 4.69) is 11.1 Å². The van der Waals surface area contributed by atoms with Gasteiger partial charge in [0.1, 0.15) is 28.8 Å². The lowest BCUT2D eigenvalue weighted by Crippen LogP contribution is -1.96. The molecule has 0 aliphatic carbocycles. The summed E-state index contributed by atoms with van der Waals surface area (Å²) in [7, 11) is 0. The zero-order valence-electron chi connectivity index (χ0n) is 16.4. The summed E-state index contributed by atoms with van der Waals surface area (Å²) in [5.41, 5.74) is 10.6. The summed E-state index contributed by atoms with van der Waals surface area (Å²) < 4.78 is 7.55. The van der Waals surface area contributed by atoms with Gasteiger partial charge in [0, 0.05) is 23.0 Å². The van der Waals surface area contributed by atoms with Gasteiger partial charge in [-0.1, -0.05) is 30.3 Å². The van der Waals surface area contributed by atoms with Crippen molar-refractivity contribution in [3.63, 3.8) is 0 Å². The standard InChI is InChI=1S/C25H17N5O/c26-16-22-24(17-9-11-21(12-10-17)31-20-7-2-1-3-8-20)29-30-23(13-14-28-25(22)30)18-5-4-6-19(27)15-18/h1-15H,27H2. The summed E-state index contributed by atoms with van der Waals surface area (Å²) in [5, 5.41) is 14.6. The SMILES string of the molecule is N#Cc1c(-c2ccc(Oc3ccccc3)cc2)nn2c(-c3cccc(N)c3)ccnc12. The summed E-state index contributed by atoms with van der Waals surface area (Å²) in [5.74, 6) is 1.47. The van der Waals surface area contributed by atoms with Gasteiger partial charge in [-0.15, -0.1) is 0 Å². The van der Waals surface area contributed by atoms with Crippen LogP contribution in [0.1, 0.15) is 5.56 Å². The average molecular weight is 403 g/mol. The van der Waals surface area contributed by atoms with Crippen LogP contribution in [-0.2, 0) is 0 Å². The number of nitrogens with two attached hydrogens (primary N) is 1. The molecule has 0 aliphatic heterocycles. The van der Waals surface area contributed by atoms with Crippen molar-refractivity contribution in [2.24, 2.45) is 0 Å². The van der Waals surface area contributed by atoms with Crippen molar-refractivity contribution < 1.29 is 4.74 Å². The van der Waals surface area contributed by atoms with Crippen LogP contribution < -0.4 is 10.5 Å². The maximum Gasteiger partial charge on any atom is 0.174 e. The van der Waals surface area contributed by atoms with Crippen LogP contribution in [0.15, 0.2) is 91.1 Å². The molecule has 3 aromatic carbocycles. The summed E-state index contributed by atoms with van der Waals surface area (Å²) in [6.07, 6.45) is 1.68. The molecule has 0 aliphatic rings. The lowest BCUT2D eigenvalue weighted by atomic mass is 10.1. The number of fused-ring (bicyclic) bond motifs is 1. The molecule has 5 aromatic rings. The highest BCUT2D eigenvalue weighted by Crippen LogP contribution is 2.30. The van der Waals surface area contributed by atoms with E-state index in [0.29, 0.717) is 28.3 Å². The average Bonchev–Trinajstić information content (AvgIpc) is 3.19. The van der Waals surface area contributed by atoms with Gasteiger partial charge >= 0.3 is 0 Å². The number of para-hydroxylation sites is 1. The summed E-state index contributed by atoms with van der Waals surface area (Å²) in [6, 6.07) is 28.7. The number of benzene rings is 3. The minimum absolute atomic E-state index is 0.419. The fourth-order valence-electron chi connectivity index (χ4n) is 3.47. The highest BCUT2D eigenvalue weighted by atomic mass is 16.5. The number of hydrogen-bond donors (Lipinski definition) is 1. The van der Waals surface area contributed by atoms with E-state index in [9.17, 15) is 5.26 Å². The van der Waals surface area contributed by atoms with Gasteiger partial charge in [0.15, 0.2) is 5.65 Å². The number of nitrogen functional groups attached to an aromatic ring is 1. The van der Waals surface area contributed by atoms with E-state index in [0.717, 1.165) is 22.6 Å². The number of nitrogens with zero attached hydrogens (tertiary/aromatic N) is 4. The van der Waals surface area contributed by atoms with Gasteiger partial charge in [-0.3, -0.25) is 0 Å². The van der Waals surface area contributed by atoms with Gasteiger partial charge < -0.3 is 10.5 Å². The van der Waals surface area contributed by atoms with Crippen molar-refractivity contribution in [2.45, 2.75) is 0 Å². The molecule has 0 fully saturated rings. The quantitative estimate of drug-likeness (QED) is 0.411. The molecule has 0 amide bonds. The molecule has 2 aromatic heterocycles. The first-order chi connectivity index (χ1) is 15.2. The summed E-state index contributed by atoms with van der Waals surface area (Å²) in [4.78, 5) is 4.40. The second-order valence-electron chi connectivity index (χ2n) is 6.97. The van der Waals surface area contributed by atoms with Crippen LogP contribution >= 0.6 is 0 Å². The summed E-state index contributed by atoms with van der Waals surface area (Å²) in [6.45, 7) is 0. The second-order valence-corrected chi connectivity index (χ2v) is 6.97. The molecule has 148 valence electrons. The smallest absolute Gasteiger partial charge is 0.174 e. The molecule has 2 heterocycles. The number of rotatable bonds is 4. The second kappa shape index (κ2) is 7.65. The minimum atomic E-state index is 0.419. The Kier molecular flexibility index (Phi) is 4.54. The molecule has 0 saturated carbocycles. The van der Waals surface area contributed by atoms with Gasteiger partial charge in [-0.05, 0) is 54.6 Å². The van der Waals surface area contributed by atoms with Crippen molar-refractivity contribution in [1.82, 2.24) is 14.6 Å². The Bertz CT molecular complexity index is 1420. The number of anilines is 1. The fraction of sp³-hybridized carbons (Fsp3) is 0. The Hall–Kier alpha value is -4.63. The molecule has 0 saturated heterocycles. The Morgan fingerprint density at radius 2 is 1.61 bits per heavy atom. The zero-order chi connectivity index (χ0) is 21.2. The van der Waals surface area contributed by atoms with E-state index >= 15 is 0 Å². The molecule has 31 heavy (non-hydrogen) atoms. The van der Waals surface area contributed by atoms with Crippen molar-refractivity contribution in [3.05, 3.63) is 96.7 Å². The van der Waals surface area contributed by atoms with Crippen LogP contribution in [0, 0.1) is 11.3 Å². The molecule has 0 atom stereocenters. The third-order valence-corrected chi connectivity index (χ3v) is 4.92. The van der Waals surface area contributed by atoms with Crippen molar-refractivity contribution in [3.8, 4) is 40.1 Å². The first-order valence-electron chi connectivity index (χ1n) is 9.70. The van der Waals surface area contributed by atoms with E-state index in [4.69, 9.17) is 15.6 Å². The molecular formula is C25H17N5O. The van der Waals surface area contributed by atoms with Gasteiger partial charge in [0.25, 0.3) is 0 Å². The molecule has 6 nitrogen and oxygen atoms in total. The van der Waals surface area contributed by atoms with Gasteiger partial charge in [-0.25, -0.2) is 9.50 Å². The number of nitriles is 1. The third-order valence-electron chi connectivity index (χ3n) is 4.92. The zero-order valence-corrected chi connectivity index (χ0v) is 16.4. The van der Waals surface area contributed by atoms with E-state index < -0.39 is 0 Å². The van der Waals surface area contributed by atoms with Crippen molar-refractivity contribution >= 4 is 11.3 Å². The topological polar surface area (TPSA) is 89.2 Å². The lowest BCUT2D eigenvalue weighted by molar-refractivity contribution is 0.483. The van der Waals surface area contributed by atoms with Gasteiger partial charge in [-0.2, -0.15) is 10.4 Å². The van der Waals surface area contributed by atoms with E-state index in [-0.39, 0.29) is 0 Å². The lowest BCUT2D eigenvalue weighted by Gasteiger charge is -2.06. The van der Waals surface area contributed by atoms with Crippen LogP contribution in [0.4, 0.5) is 5.69 Å². The maximum absolute atomic E-state index is 9.83. The van der Waals surface area contributed by atoms with Gasteiger partial charge in [0.05, 0.1) is 5.69 Å². The molecule has 0 unspecified atom stereocenters. The highest BCUT2D eigenvalue weighted by Gasteiger charge is 2.18. The molecule has 6 heteroatoms. The Labute approximate surface area is 178 Å². The molecule has 2 N–H and O–H groups in total. The molecule has 0 spiro atoms. The highest BCUT2D eigenvalue weighted by molar-refractivity contribution is 5.77. The van der Waals surface area contributed by atoms with Crippen LogP contribution in [0.25, 0.3) is 28.2 Å². The first-order valence-corrected chi connectivity index (χ1v) is 9.70. The van der Waals surface area contributed by atoms with E-state index in [1.54, 1.807) is 10.7 Å². The Morgan fingerprint density at radius 1 is 0.839 bits per heavy atom. The number of aromatic nitrogens is 3. The van der Waals surface area contributed by atoms with Crippen molar-refractivity contribution in [1.29, 1.82) is 5.26 Å². The van der Waals surface area contributed by atoms with Crippen LogP contribution in [-0.4, -0.2) is 14.6 Å². The predicted octanol–water partition coefficient (Wildman–Crippen LogP) is 5.31. The molecule has 5 rings (SSSR count). The van der Waals surface area contributed by atoms with E-state index in [1.165, 1.54) is 0 Å². The largest absolute Gasteiger partial charge is 0.457 e. The van der Waals surface area contributed by atoms with Gasteiger partial charge in [0.2, 0.25) is 0 Å². The number of hydrogen-bond acceptors (Lipinski definition) is 5. The molecular weight excluding hydrogens is 386 g/mol. The fourth-order valence-corrected chi connectivity index (χ4v) is 3.47.